The van der Waals surface area contributed by atoms with Gasteiger partial charge in [-0.25, -0.2) is 4.39 Å². The lowest BCUT2D eigenvalue weighted by Crippen LogP contribution is -2.43. The summed E-state index contributed by atoms with van der Waals surface area (Å²) in [5.74, 6) is -1.16. The Labute approximate surface area is 146 Å². The van der Waals surface area contributed by atoms with Crippen LogP contribution in [0.25, 0.3) is 0 Å². The minimum Gasteiger partial charge on any atom is -0.385 e. The first-order chi connectivity index (χ1) is 11.5. The van der Waals surface area contributed by atoms with Crippen LogP contribution in [0.5, 0.6) is 0 Å². The molecule has 0 atom stereocenters. The standard InChI is InChI=1S/C17H22ClFN2O3/c1-24-11-3-8-20-16(22)12-6-9-21(10-7-12)17(23)15-13(18)4-2-5-14(15)19/h2,4-5,12H,3,6-11H2,1H3,(H,20,22). The largest absolute Gasteiger partial charge is 0.385 e. The molecule has 132 valence electrons. The highest BCUT2D eigenvalue weighted by atomic mass is 35.5. The average molecular weight is 357 g/mol. The van der Waals surface area contributed by atoms with Gasteiger partial charge in [-0.05, 0) is 31.4 Å². The lowest BCUT2D eigenvalue weighted by molar-refractivity contribution is -0.126. The van der Waals surface area contributed by atoms with Gasteiger partial charge in [-0.3, -0.25) is 9.59 Å². The zero-order chi connectivity index (χ0) is 17.5. The first kappa shape index (κ1) is 18.7. The second-order valence-electron chi connectivity index (χ2n) is 5.80. The monoisotopic (exact) mass is 356 g/mol. The Morgan fingerprint density at radius 2 is 2.08 bits per heavy atom. The topological polar surface area (TPSA) is 58.6 Å². The van der Waals surface area contributed by atoms with Crippen LogP contribution in [0, 0.1) is 11.7 Å². The number of ether oxygens (including phenoxy) is 1. The molecule has 0 unspecified atom stereocenters. The van der Waals surface area contributed by atoms with Crippen molar-refractivity contribution < 1.29 is 18.7 Å². The molecule has 0 aliphatic carbocycles. The van der Waals surface area contributed by atoms with E-state index in [-0.39, 0.29) is 22.4 Å². The highest BCUT2D eigenvalue weighted by Gasteiger charge is 2.29. The lowest BCUT2D eigenvalue weighted by atomic mass is 9.95. The molecule has 1 heterocycles. The van der Waals surface area contributed by atoms with Crippen LogP contribution < -0.4 is 5.32 Å². The molecule has 0 bridgehead atoms. The first-order valence-corrected chi connectivity index (χ1v) is 8.42. The van der Waals surface area contributed by atoms with E-state index in [4.69, 9.17) is 16.3 Å². The van der Waals surface area contributed by atoms with Crippen LogP contribution in [0.4, 0.5) is 4.39 Å². The molecule has 1 fully saturated rings. The molecule has 1 aliphatic rings. The van der Waals surface area contributed by atoms with Gasteiger partial charge in [-0.2, -0.15) is 0 Å². The van der Waals surface area contributed by atoms with Gasteiger partial charge >= 0.3 is 0 Å². The fourth-order valence-corrected chi connectivity index (χ4v) is 3.02. The number of hydrogen-bond donors (Lipinski definition) is 1. The zero-order valence-corrected chi connectivity index (χ0v) is 14.4. The van der Waals surface area contributed by atoms with Gasteiger partial charge in [0.05, 0.1) is 10.6 Å². The molecule has 1 saturated heterocycles. The summed E-state index contributed by atoms with van der Waals surface area (Å²) in [5.41, 5.74) is -0.0957. The Hall–Kier alpha value is -1.66. The van der Waals surface area contributed by atoms with Crippen molar-refractivity contribution in [3.8, 4) is 0 Å². The van der Waals surface area contributed by atoms with Gasteiger partial charge in [-0.1, -0.05) is 17.7 Å². The van der Waals surface area contributed by atoms with Gasteiger partial charge in [0, 0.05) is 39.3 Å². The maximum Gasteiger partial charge on any atom is 0.258 e. The molecule has 1 aromatic carbocycles. The van der Waals surface area contributed by atoms with Gasteiger partial charge in [0.1, 0.15) is 5.82 Å². The quantitative estimate of drug-likeness (QED) is 0.797. The van der Waals surface area contributed by atoms with E-state index in [1.165, 1.54) is 18.2 Å². The molecule has 1 N–H and O–H groups in total. The van der Waals surface area contributed by atoms with Crippen molar-refractivity contribution in [2.75, 3.05) is 33.4 Å². The number of methoxy groups -OCH3 is 1. The van der Waals surface area contributed by atoms with Crippen LogP contribution >= 0.6 is 11.6 Å². The minimum atomic E-state index is -0.620. The van der Waals surface area contributed by atoms with Crippen molar-refractivity contribution in [2.45, 2.75) is 19.3 Å². The second kappa shape index (κ2) is 8.99. The number of rotatable bonds is 6. The van der Waals surface area contributed by atoms with Gasteiger partial charge in [0.25, 0.3) is 5.91 Å². The van der Waals surface area contributed by atoms with Crippen molar-refractivity contribution in [3.63, 3.8) is 0 Å². The number of carbonyl (C=O) groups is 2. The van der Waals surface area contributed by atoms with Crippen molar-refractivity contribution in [2.24, 2.45) is 5.92 Å². The number of carbonyl (C=O) groups excluding carboxylic acids is 2. The molecule has 7 heteroatoms. The number of hydrogen-bond acceptors (Lipinski definition) is 3. The van der Waals surface area contributed by atoms with E-state index in [9.17, 15) is 14.0 Å². The lowest BCUT2D eigenvalue weighted by Gasteiger charge is -2.31. The number of piperidine rings is 1. The van der Waals surface area contributed by atoms with E-state index < -0.39 is 11.7 Å². The van der Waals surface area contributed by atoms with Crippen LogP contribution in [0.2, 0.25) is 5.02 Å². The van der Waals surface area contributed by atoms with Crippen molar-refractivity contribution >= 4 is 23.4 Å². The molecular weight excluding hydrogens is 335 g/mol. The summed E-state index contributed by atoms with van der Waals surface area (Å²) >= 11 is 5.94. The van der Waals surface area contributed by atoms with Crippen LogP contribution in [-0.4, -0.2) is 50.1 Å². The van der Waals surface area contributed by atoms with Crippen molar-refractivity contribution in [1.82, 2.24) is 10.2 Å². The SMILES string of the molecule is COCCCNC(=O)C1CCN(C(=O)c2c(F)cccc2Cl)CC1. The predicted molar refractivity (Wildman–Crippen MR) is 89.5 cm³/mol. The summed E-state index contributed by atoms with van der Waals surface area (Å²) in [6.45, 7) is 2.02. The molecule has 1 aliphatic heterocycles. The van der Waals surface area contributed by atoms with Crippen LogP contribution in [0.15, 0.2) is 18.2 Å². The average Bonchev–Trinajstić information content (AvgIpc) is 2.58. The number of amides is 2. The molecule has 0 radical (unpaired) electrons. The van der Waals surface area contributed by atoms with Gasteiger partial charge in [0.15, 0.2) is 0 Å². The van der Waals surface area contributed by atoms with Crippen LogP contribution in [-0.2, 0) is 9.53 Å². The third-order valence-electron chi connectivity index (χ3n) is 4.15. The third kappa shape index (κ3) is 4.68. The van der Waals surface area contributed by atoms with Crippen molar-refractivity contribution in [3.05, 3.63) is 34.6 Å². The third-order valence-corrected chi connectivity index (χ3v) is 4.47. The molecule has 5 nitrogen and oxygen atoms in total. The minimum absolute atomic E-state index is 0.00197. The van der Waals surface area contributed by atoms with E-state index in [1.54, 1.807) is 12.0 Å². The molecular formula is C17H22ClFN2O3. The van der Waals surface area contributed by atoms with E-state index in [2.05, 4.69) is 5.32 Å². The highest BCUT2D eigenvalue weighted by Crippen LogP contribution is 2.24. The Morgan fingerprint density at radius 1 is 1.38 bits per heavy atom. The number of nitrogens with one attached hydrogen (secondary N) is 1. The molecule has 2 rings (SSSR count). The summed E-state index contributed by atoms with van der Waals surface area (Å²) in [5, 5.41) is 2.99. The molecule has 2 amide bonds. The highest BCUT2D eigenvalue weighted by molar-refractivity contribution is 6.33. The number of benzene rings is 1. The zero-order valence-electron chi connectivity index (χ0n) is 13.7. The van der Waals surface area contributed by atoms with E-state index in [0.717, 1.165) is 6.42 Å². The smallest absolute Gasteiger partial charge is 0.258 e. The fourth-order valence-electron chi connectivity index (χ4n) is 2.78. The van der Waals surface area contributed by atoms with Crippen LogP contribution in [0.3, 0.4) is 0 Å². The van der Waals surface area contributed by atoms with Gasteiger partial charge in [-0.15, -0.1) is 0 Å². The first-order valence-electron chi connectivity index (χ1n) is 8.04. The Kier molecular flexibility index (Phi) is 6.99. The van der Waals surface area contributed by atoms with E-state index in [0.29, 0.717) is 39.1 Å². The summed E-state index contributed by atoms with van der Waals surface area (Å²) in [7, 11) is 1.62. The summed E-state index contributed by atoms with van der Waals surface area (Å²) in [6, 6.07) is 4.19. The summed E-state index contributed by atoms with van der Waals surface area (Å²) in [4.78, 5) is 26.1. The molecule has 0 aromatic heterocycles. The van der Waals surface area contributed by atoms with Gasteiger partial charge < -0.3 is 15.0 Å². The molecule has 0 spiro atoms. The summed E-state index contributed by atoms with van der Waals surface area (Å²) < 4.78 is 18.8. The van der Waals surface area contributed by atoms with E-state index >= 15 is 0 Å². The second-order valence-corrected chi connectivity index (χ2v) is 6.21. The maximum atomic E-state index is 13.9. The molecule has 1 aromatic rings. The normalized spacial score (nSPS) is 15.4. The summed E-state index contributed by atoms with van der Waals surface area (Å²) in [6.07, 6.45) is 1.90. The Morgan fingerprint density at radius 3 is 2.71 bits per heavy atom. The van der Waals surface area contributed by atoms with Crippen LogP contribution in [0.1, 0.15) is 29.6 Å². The van der Waals surface area contributed by atoms with Gasteiger partial charge in [0.2, 0.25) is 5.91 Å². The number of likely N-dealkylation sites (tertiary alicyclic amines) is 1. The van der Waals surface area contributed by atoms with E-state index in [1.807, 2.05) is 0 Å². The maximum absolute atomic E-state index is 13.9. The Bertz CT molecular complexity index is 569. The molecule has 24 heavy (non-hydrogen) atoms. The number of halogens is 2. The Balaban J connectivity index is 1.86. The molecule has 0 saturated carbocycles. The fraction of sp³-hybridized carbons (Fsp3) is 0.529. The predicted octanol–water partition coefficient (Wildman–Crippen LogP) is 2.48. The van der Waals surface area contributed by atoms with Crippen molar-refractivity contribution in [1.29, 1.82) is 0 Å². The number of nitrogens with zero attached hydrogens (tertiary/aromatic N) is 1.